The van der Waals surface area contributed by atoms with Gasteiger partial charge in [-0.1, -0.05) is 96.0 Å². The van der Waals surface area contributed by atoms with Crippen LogP contribution < -0.4 is 0 Å². The van der Waals surface area contributed by atoms with Crippen LogP contribution in [0.3, 0.4) is 0 Å². The minimum Gasteiger partial charge on any atom is -0.291 e. The van der Waals surface area contributed by atoms with Gasteiger partial charge < -0.3 is 0 Å². The Balaban J connectivity index is 2.09. The van der Waals surface area contributed by atoms with Crippen LogP contribution in [0.1, 0.15) is 10.4 Å². The Hall–Kier alpha value is -2.09. The third-order valence-electron chi connectivity index (χ3n) is 3.67. The lowest BCUT2D eigenvalue weighted by Gasteiger charge is -2.11. The first-order valence-electron chi connectivity index (χ1n) is 7.24. The second-order valence-corrected chi connectivity index (χ2v) is 6.25. The Bertz CT molecular complexity index is 826. The van der Waals surface area contributed by atoms with Gasteiger partial charge in [0.05, 0.1) is 0 Å². The largest absolute Gasteiger partial charge is 0.291 e. The van der Waals surface area contributed by atoms with Crippen LogP contribution in [0.5, 0.6) is 0 Å². The second kappa shape index (κ2) is 6.99. The molecule has 0 aliphatic carbocycles. The van der Waals surface area contributed by atoms with Gasteiger partial charge in [-0.3, -0.25) is 4.79 Å². The Kier molecular flexibility index (Phi) is 4.80. The molecular formula is C20H14Cl2O. The molecule has 0 unspecified atom stereocenters. The number of ketones is 1. The third kappa shape index (κ3) is 3.47. The van der Waals surface area contributed by atoms with Gasteiger partial charge in [0.25, 0.3) is 0 Å². The van der Waals surface area contributed by atoms with E-state index in [0.717, 1.165) is 22.3 Å². The molecule has 0 radical (unpaired) electrons. The molecule has 3 aromatic rings. The Morgan fingerprint density at radius 1 is 0.696 bits per heavy atom. The number of carbonyl (C=O) groups excluding carboxylic acids is 1. The highest BCUT2D eigenvalue weighted by molar-refractivity contribution is 6.55. The van der Waals surface area contributed by atoms with Gasteiger partial charge in [-0.2, -0.15) is 0 Å². The van der Waals surface area contributed by atoms with E-state index < -0.39 is 4.84 Å². The van der Waals surface area contributed by atoms with Crippen molar-refractivity contribution in [1.82, 2.24) is 0 Å². The highest BCUT2D eigenvalue weighted by Gasteiger charge is 2.18. The number of Topliss-reactive ketones (excluding diaryl/α,β-unsaturated/α-hetero) is 1. The number of rotatable bonds is 4. The van der Waals surface area contributed by atoms with E-state index in [4.69, 9.17) is 23.2 Å². The fraction of sp³-hybridized carbons (Fsp3) is 0.0500. The molecule has 0 saturated heterocycles. The lowest BCUT2D eigenvalue weighted by Crippen LogP contribution is -2.09. The summed E-state index contributed by atoms with van der Waals surface area (Å²) in [6.45, 7) is 0. The maximum Gasteiger partial charge on any atom is 0.196 e. The van der Waals surface area contributed by atoms with Gasteiger partial charge in [0.2, 0.25) is 0 Å². The molecule has 0 bridgehead atoms. The second-order valence-electron chi connectivity index (χ2n) is 5.16. The Labute approximate surface area is 145 Å². The highest BCUT2D eigenvalue weighted by Crippen LogP contribution is 2.30. The summed E-state index contributed by atoms with van der Waals surface area (Å²) in [5.74, 6) is -0.283. The SMILES string of the molecule is O=C(c1ccccc1-c1cccc(-c2ccccc2)c1)C(Cl)Cl. The van der Waals surface area contributed by atoms with E-state index in [2.05, 4.69) is 24.3 Å². The maximum absolute atomic E-state index is 12.2. The van der Waals surface area contributed by atoms with E-state index in [0.29, 0.717) is 5.56 Å². The van der Waals surface area contributed by atoms with Gasteiger partial charge in [-0.15, -0.1) is 0 Å². The average Bonchev–Trinajstić information content (AvgIpc) is 2.62. The molecule has 0 heterocycles. The van der Waals surface area contributed by atoms with Gasteiger partial charge in [0.15, 0.2) is 10.6 Å². The van der Waals surface area contributed by atoms with Crippen LogP contribution in [-0.2, 0) is 0 Å². The van der Waals surface area contributed by atoms with Crippen LogP contribution in [0.4, 0.5) is 0 Å². The molecule has 0 fully saturated rings. The highest BCUT2D eigenvalue weighted by atomic mass is 35.5. The molecule has 1 nitrogen and oxygen atoms in total. The van der Waals surface area contributed by atoms with Crippen molar-refractivity contribution in [2.75, 3.05) is 0 Å². The van der Waals surface area contributed by atoms with E-state index in [9.17, 15) is 4.79 Å². The zero-order valence-electron chi connectivity index (χ0n) is 12.2. The standard InChI is InChI=1S/C20H14Cl2O/c21-20(22)19(23)18-12-5-4-11-17(18)16-10-6-9-15(13-16)14-7-2-1-3-8-14/h1-13,20H. The summed E-state index contributed by atoms with van der Waals surface area (Å²) in [6, 6.07) is 25.6. The molecule has 114 valence electrons. The van der Waals surface area contributed by atoms with Crippen molar-refractivity contribution < 1.29 is 4.79 Å². The van der Waals surface area contributed by atoms with Crippen molar-refractivity contribution in [3.63, 3.8) is 0 Å². The summed E-state index contributed by atoms with van der Waals surface area (Å²) in [4.78, 5) is 11.2. The minimum atomic E-state index is -1.06. The van der Waals surface area contributed by atoms with Gasteiger partial charge >= 0.3 is 0 Å². The fourth-order valence-electron chi connectivity index (χ4n) is 2.56. The first-order chi connectivity index (χ1) is 11.2. The quantitative estimate of drug-likeness (QED) is 0.420. The minimum absolute atomic E-state index is 0.283. The average molecular weight is 341 g/mol. The molecule has 0 saturated carbocycles. The summed E-state index contributed by atoms with van der Waals surface area (Å²) < 4.78 is 0. The lowest BCUT2D eigenvalue weighted by atomic mass is 9.94. The smallest absolute Gasteiger partial charge is 0.196 e. The number of hydrogen-bond acceptors (Lipinski definition) is 1. The van der Waals surface area contributed by atoms with Gasteiger partial charge in [0.1, 0.15) is 0 Å². The first-order valence-corrected chi connectivity index (χ1v) is 8.11. The van der Waals surface area contributed by atoms with Crippen LogP contribution in [0.25, 0.3) is 22.3 Å². The molecular weight excluding hydrogens is 327 g/mol. The molecule has 23 heavy (non-hydrogen) atoms. The Morgan fingerprint density at radius 2 is 1.30 bits per heavy atom. The molecule has 3 aromatic carbocycles. The number of carbonyl (C=O) groups is 1. The summed E-state index contributed by atoms with van der Waals surface area (Å²) >= 11 is 11.5. The van der Waals surface area contributed by atoms with Crippen molar-refractivity contribution in [3.8, 4) is 22.3 Å². The van der Waals surface area contributed by atoms with Crippen molar-refractivity contribution in [3.05, 3.63) is 84.4 Å². The summed E-state index contributed by atoms with van der Waals surface area (Å²) in [7, 11) is 0. The van der Waals surface area contributed by atoms with Crippen LogP contribution in [-0.4, -0.2) is 10.6 Å². The molecule has 0 atom stereocenters. The summed E-state index contributed by atoms with van der Waals surface area (Å²) in [5.41, 5.74) is 4.56. The number of alkyl halides is 2. The van der Waals surface area contributed by atoms with Crippen LogP contribution >= 0.6 is 23.2 Å². The van der Waals surface area contributed by atoms with E-state index in [1.165, 1.54) is 0 Å². The zero-order valence-corrected chi connectivity index (χ0v) is 13.8. The topological polar surface area (TPSA) is 17.1 Å². The predicted molar refractivity (Wildman–Crippen MR) is 97.1 cm³/mol. The van der Waals surface area contributed by atoms with E-state index in [1.807, 2.05) is 48.5 Å². The maximum atomic E-state index is 12.2. The molecule has 0 spiro atoms. The molecule has 0 aromatic heterocycles. The van der Waals surface area contributed by atoms with Crippen LogP contribution in [0.15, 0.2) is 78.9 Å². The molecule has 0 aliphatic heterocycles. The third-order valence-corrected chi connectivity index (χ3v) is 4.07. The monoisotopic (exact) mass is 340 g/mol. The molecule has 0 amide bonds. The predicted octanol–water partition coefficient (Wildman–Crippen LogP) is 6.01. The lowest BCUT2D eigenvalue weighted by molar-refractivity contribution is 0.101. The van der Waals surface area contributed by atoms with Crippen molar-refractivity contribution in [2.45, 2.75) is 4.84 Å². The van der Waals surface area contributed by atoms with Crippen molar-refractivity contribution in [2.24, 2.45) is 0 Å². The first kappa shape index (κ1) is 15.8. The van der Waals surface area contributed by atoms with Crippen molar-refractivity contribution >= 4 is 29.0 Å². The molecule has 0 N–H and O–H groups in total. The molecule has 3 rings (SSSR count). The summed E-state index contributed by atoms with van der Waals surface area (Å²) in [5, 5.41) is 0. The van der Waals surface area contributed by atoms with Crippen LogP contribution in [0, 0.1) is 0 Å². The van der Waals surface area contributed by atoms with Gasteiger partial charge in [0, 0.05) is 5.56 Å². The summed E-state index contributed by atoms with van der Waals surface area (Å²) in [6.07, 6.45) is 0. The van der Waals surface area contributed by atoms with Crippen molar-refractivity contribution in [1.29, 1.82) is 0 Å². The number of hydrogen-bond donors (Lipinski definition) is 0. The zero-order chi connectivity index (χ0) is 16.2. The number of benzene rings is 3. The Morgan fingerprint density at radius 3 is 2.04 bits per heavy atom. The van der Waals surface area contributed by atoms with E-state index in [-0.39, 0.29) is 5.78 Å². The fourth-order valence-corrected chi connectivity index (χ4v) is 2.80. The number of halogens is 2. The normalized spacial score (nSPS) is 10.7. The van der Waals surface area contributed by atoms with E-state index in [1.54, 1.807) is 6.07 Å². The van der Waals surface area contributed by atoms with Crippen LogP contribution in [0.2, 0.25) is 0 Å². The van der Waals surface area contributed by atoms with Gasteiger partial charge in [-0.05, 0) is 28.3 Å². The van der Waals surface area contributed by atoms with E-state index >= 15 is 0 Å². The molecule has 0 aliphatic rings. The van der Waals surface area contributed by atoms with Gasteiger partial charge in [-0.25, -0.2) is 0 Å². The molecule has 3 heteroatoms.